The largest absolute Gasteiger partial charge is 0.462 e. The van der Waals surface area contributed by atoms with E-state index in [0.29, 0.717) is 19.3 Å². The Labute approximate surface area is 455 Å². The Morgan fingerprint density at radius 2 is 0.885 bits per heavy atom. The Balaban J connectivity index is 1.09. The van der Waals surface area contributed by atoms with Crippen molar-refractivity contribution in [3.05, 3.63) is 181 Å². The molecule has 10 aromatic carbocycles. The number of benzene rings is 10. The molecule has 0 amide bonds. The number of esters is 2. The van der Waals surface area contributed by atoms with Gasteiger partial charge >= 0.3 is 18.1 Å². The summed E-state index contributed by atoms with van der Waals surface area (Å²) in [7, 11) is 0. The molecule has 7 heteroatoms. The molecule has 0 heterocycles. The molecule has 10 aromatic rings. The summed E-state index contributed by atoms with van der Waals surface area (Å²) in [4.78, 5) is 24.3. The molecule has 0 radical (unpaired) electrons. The molecule has 1 aliphatic carbocycles. The highest BCUT2D eigenvalue weighted by Gasteiger charge is 2.45. The molecule has 0 bridgehead atoms. The lowest BCUT2D eigenvalue weighted by molar-refractivity contribution is -0.191. The van der Waals surface area contributed by atoms with Crippen molar-refractivity contribution in [2.45, 2.75) is 109 Å². The SMILES string of the molecule is C=CC(=O)OCC(C)CCCC1(CCCC(COC(=O)C=C)C(F)(F)F)c2cc(-c3ccc4ccc5cc(C(C)(C)C)cc6ccc3c4c56)ccc2-c2ccc(-c3ccc4ccc5cc(C(C)(C)C)cc6ccc3c4c56)cc21. The van der Waals surface area contributed by atoms with Gasteiger partial charge in [-0.1, -0.05) is 196 Å². The fraction of sp³-hybridized carbons (Fsp3) is 0.296. The molecular weight excluding hydrogens is 974 g/mol. The Hall–Kier alpha value is -7.51. The van der Waals surface area contributed by atoms with Gasteiger partial charge in [0.15, 0.2) is 0 Å². The molecule has 0 aliphatic heterocycles. The highest BCUT2D eigenvalue weighted by Crippen LogP contribution is 2.57. The van der Waals surface area contributed by atoms with Crippen LogP contribution in [0.15, 0.2) is 159 Å². The average Bonchev–Trinajstić information content (AvgIpc) is 3.92. The van der Waals surface area contributed by atoms with Gasteiger partial charge in [0.05, 0.1) is 12.5 Å². The highest BCUT2D eigenvalue weighted by atomic mass is 19.4. The lowest BCUT2D eigenvalue weighted by Gasteiger charge is -2.34. The summed E-state index contributed by atoms with van der Waals surface area (Å²) < 4.78 is 55.3. The summed E-state index contributed by atoms with van der Waals surface area (Å²) in [6.45, 7) is 22.0. The summed E-state index contributed by atoms with van der Waals surface area (Å²) in [5, 5.41) is 14.3. The van der Waals surface area contributed by atoms with Crippen molar-refractivity contribution in [1.29, 1.82) is 0 Å². The van der Waals surface area contributed by atoms with Crippen molar-refractivity contribution < 1.29 is 32.2 Å². The molecule has 0 saturated carbocycles. The molecule has 1 aliphatic rings. The second kappa shape index (κ2) is 19.7. The van der Waals surface area contributed by atoms with Crippen molar-refractivity contribution in [3.8, 4) is 33.4 Å². The van der Waals surface area contributed by atoms with Crippen LogP contribution in [0, 0.1) is 11.8 Å². The number of rotatable bonds is 16. The highest BCUT2D eigenvalue weighted by molar-refractivity contribution is 6.27. The molecule has 2 atom stereocenters. The maximum atomic E-state index is 14.9. The van der Waals surface area contributed by atoms with Crippen LogP contribution in [0.25, 0.3) is 98.0 Å². The summed E-state index contributed by atoms with van der Waals surface area (Å²) in [6, 6.07) is 49.6. The van der Waals surface area contributed by atoms with Crippen molar-refractivity contribution in [2.24, 2.45) is 11.8 Å². The minimum absolute atomic E-state index is 0.0199. The predicted molar refractivity (Wildman–Crippen MR) is 317 cm³/mol. The van der Waals surface area contributed by atoms with Gasteiger partial charge < -0.3 is 9.47 Å². The summed E-state index contributed by atoms with van der Waals surface area (Å²) >= 11 is 0. The summed E-state index contributed by atoms with van der Waals surface area (Å²) in [5.41, 5.74) is 10.4. The fourth-order valence-corrected chi connectivity index (χ4v) is 12.9. The maximum Gasteiger partial charge on any atom is 0.395 e. The number of hydrogen-bond donors (Lipinski definition) is 0. The van der Waals surface area contributed by atoms with Crippen LogP contribution in [0.3, 0.4) is 0 Å². The van der Waals surface area contributed by atoms with E-state index >= 15 is 0 Å². The summed E-state index contributed by atoms with van der Waals surface area (Å²) in [6.07, 6.45) is -0.0752. The van der Waals surface area contributed by atoms with E-state index in [0.717, 1.165) is 78.5 Å². The Morgan fingerprint density at radius 1 is 0.500 bits per heavy atom. The summed E-state index contributed by atoms with van der Waals surface area (Å²) in [5.74, 6) is -3.19. The van der Waals surface area contributed by atoms with Gasteiger partial charge in [-0.05, 0) is 175 Å². The molecule has 396 valence electrons. The average molecular weight is 1040 g/mol. The van der Waals surface area contributed by atoms with Crippen LogP contribution in [-0.2, 0) is 35.3 Å². The minimum Gasteiger partial charge on any atom is -0.462 e. The van der Waals surface area contributed by atoms with Crippen LogP contribution in [-0.4, -0.2) is 31.3 Å². The van der Waals surface area contributed by atoms with E-state index in [9.17, 15) is 22.8 Å². The molecule has 0 fully saturated rings. The van der Waals surface area contributed by atoms with Crippen LogP contribution in [0.4, 0.5) is 13.2 Å². The molecule has 0 aromatic heterocycles. The quantitative estimate of drug-likeness (QED) is 0.0550. The Bertz CT molecular complexity index is 3740. The number of carbonyl (C=O) groups is 2. The number of halogens is 3. The third kappa shape index (κ3) is 9.37. The zero-order valence-corrected chi connectivity index (χ0v) is 45.8. The fourth-order valence-electron chi connectivity index (χ4n) is 12.9. The van der Waals surface area contributed by atoms with Crippen LogP contribution < -0.4 is 0 Å². The molecule has 0 saturated heterocycles. The number of ether oxygens (including phenoxy) is 2. The molecule has 11 rings (SSSR count). The van der Waals surface area contributed by atoms with Crippen molar-refractivity contribution >= 4 is 76.6 Å². The molecular formula is C71H67F3O4. The number of carbonyl (C=O) groups excluding carboxylic acids is 2. The van der Waals surface area contributed by atoms with E-state index in [1.807, 2.05) is 0 Å². The third-order valence-electron chi connectivity index (χ3n) is 17.1. The maximum absolute atomic E-state index is 14.9. The first-order valence-electron chi connectivity index (χ1n) is 27.6. The molecule has 2 unspecified atom stereocenters. The minimum atomic E-state index is -4.59. The Morgan fingerprint density at radius 3 is 1.31 bits per heavy atom. The molecule has 78 heavy (non-hydrogen) atoms. The van der Waals surface area contributed by atoms with Gasteiger partial charge in [0.25, 0.3) is 0 Å². The van der Waals surface area contributed by atoms with Crippen LogP contribution in [0.2, 0.25) is 0 Å². The van der Waals surface area contributed by atoms with Gasteiger partial charge in [-0.2, -0.15) is 13.2 Å². The third-order valence-corrected chi connectivity index (χ3v) is 17.1. The van der Waals surface area contributed by atoms with E-state index < -0.39 is 36.1 Å². The number of hydrogen-bond acceptors (Lipinski definition) is 4. The van der Waals surface area contributed by atoms with Crippen LogP contribution in [0.1, 0.15) is 109 Å². The van der Waals surface area contributed by atoms with E-state index in [-0.39, 0.29) is 36.2 Å². The first-order valence-corrected chi connectivity index (χ1v) is 27.6. The van der Waals surface area contributed by atoms with Crippen LogP contribution in [0.5, 0.6) is 0 Å². The lowest BCUT2D eigenvalue weighted by Crippen LogP contribution is -2.30. The number of alkyl halides is 3. The first-order chi connectivity index (χ1) is 37.2. The van der Waals surface area contributed by atoms with E-state index in [4.69, 9.17) is 9.47 Å². The topological polar surface area (TPSA) is 52.6 Å². The smallest absolute Gasteiger partial charge is 0.395 e. The second-order valence-electron chi connectivity index (χ2n) is 24.3. The predicted octanol–water partition coefficient (Wildman–Crippen LogP) is 19.3. The number of fused-ring (bicyclic) bond motifs is 3. The van der Waals surface area contributed by atoms with Gasteiger partial charge in [-0.25, -0.2) is 9.59 Å². The van der Waals surface area contributed by atoms with Crippen molar-refractivity contribution in [2.75, 3.05) is 13.2 Å². The van der Waals surface area contributed by atoms with E-state index in [1.54, 1.807) is 0 Å². The molecule has 4 nitrogen and oxygen atoms in total. The first kappa shape index (κ1) is 52.5. The van der Waals surface area contributed by atoms with Crippen LogP contribution >= 0.6 is 0 Å². The lowest BCUT2D eigenvalue weighted by atomic mass is 9.69. The van der Waals surface area contributed by atoms with Crippen molar-refractivity contribution in [1.82, 2.24) is 0 Å². The second-order valence-corrected chi connectivity index (χ2v) is 24.3. The monoisotopic (exact) mass is 1040 g/mol. The zero-order valence-electron chi connectivity index (χ0n) is 45.8. The van der Waals surface area contributed by atoms with Gasteiger partial charge in [0.1, 0.15) is 6.61 Å². The Kier molecular flexibility index (Phi) is 13.3. The normalized spacial score (nSPS) is 14.4. The van der Waals surface area contributed by atoms with E-state index in [2.05, 4.69) is 195 Å². The molecule has 0 N–H and O–H groups in total. The zero-order chi connectivity index (χ0) is 55.1. The van der Waals surface area contributed by atoms with Crippen molar-refractivity contribution in [3.63, 3.8) is 0 Å². The molecule has 0 spiro atoms. The van der Waals surface area contributed by atoms with E-state index in [1.165, 1.54) is 60.3 Å². The van der Waals surface area contributed by atoms with Gasteiger partial charge in [-0.3, -0.25) is 0 Å². The van der Waals surface area contributed by atoms with Gasteiger partial charge in [0, 0.05) is 17.6 Å². The standard InChI is InChI=1S/C71H67F3O4/c1-10-62(75)77-40-42(3)14-12-32-70(33-13-15-51(71(72,73)74)41-78-63(76)11-2)60-38-45(54-26-20-43-16-18-47-34-52(68(4,5)6)36-49-24-30-58(54)66(43)64(47)49)22-28-56(60)57-29-23-46(39-61(57)70)55-27-21-44-17-19-48-35-53(69(7,8)9)37-50-25-31-59(55)67(44)65(48)50/h10-11,16-31,34-39,42,51H,1-2,12-15,32-33,40-41H2,3-9H3. The van der Waals surface area contributed by atoms with Gasteiger partial charge in [0.2, 0.25) is 0 Å². The van der Waals surface area contributed by atoms with Gasteiger partial charge in [-0.15, -0.1) is 0 Å².